The minimum Gasteiger partial charge on any atom is -0.328 e. The molecule has 1 aromatic carbocycles. The smallest absolute Gasteiger partial charge is 0.106 e. The first kappa shape index (κ1) is 12.4. The highest BCUT2D eigenvalue weighted by Crippen LogP contribution is 2.38. The van der Waals surface area contributed by atoms with Crippen LogP contribution in [0.3, 0.4) is 0 Å². The van der Waals surface area contributed by atoms with Crippen molar-refractivity contribution in [3.8, 4) is 0 Å². The van der Waals surface area contributed by atoms with Crippen LogP contribution in [0.2, 0.25) is 0 Å². The molecule has 1 aliphatic carbocycles. The minimum absolute atomic E-state index is 0.707. The topological polar surface area (TPSA) is 29.9 Å². The molecular formula is C17H23N3. The molecule has 3 heteroatoms. The van der Waals surface area contributed by atoms with Crippen molar-refractivity contribution in [3.05, 3.63) is 29.1 Å². The van der Waals surface area contributed by atoms with Gasteiger partial charge in [0.2, 0.25) is 0 Å². The normalized spacial score (nSPS) is 24.9. The Labute approximate surface area is 120 Å². The molecule has 2 aliphatic rings. The fourth-order valence-electron chi connectivity index (χ4n) is 4.15. The Morgan fingerprint density at radius 3 is 3.10 bits per heavy atom. The molecule has 1 fully saturated rings. The van der Waals surface area contributed by atoms with Gasteiger partial charge in [-0.2, -0.15) is 0 Å². The van der Waals surface area contributed by atoms with Crippen LogP contribution in [0.1, 0.15) is 42.6 Å². The summed E-state index contributed by atoms with van der Waals surface area (Å²) < 4.78 is 2.39. The molecule has 0 spiro atoms. The van der Waals surface area contributed by atoms with E-state index in [1.165, 1.54) is 36.8 Å². The van der Waals surface area contributed by atoms with Gasteiger partial charge in [0.05, 0.1) is 11.0 Å². The van der Waals surface area contributed by atoms with Gasteiger partial charge in [-0.1, -0.05) is 6.92 Å². The second-order valence-corrected chi connectivity index (χ2v) is 6.51. The Morgan fingerprint density at radius 1 is 1.35 bits per heavy atom. The van der Waals surface area contributed by atoms with Gasteiger partial charge in [0.1, 0.15) is 5.82 Å². The van der Waals surface area contributed by atoms with Gasteiger partial charge >= 0.3 is 0 Å². The van der Waals surface area contributed by atoms with E-state index in [1.54, 1.807) is 11.1 Å². The van der Waals surface area contributed by atoms with Gasteiger partial charge in [-0.3, -0.25) is 0 Å². The third-order valence-corrected chi connectivity index (χ3v) is 5.04. The zero-order valence-electron chi connectivity index (χ0n) is 12.4. The number of piperidine rings is 1. The van der Waals surface area contributed by atoms with E-state index in [9.17, 15) is 0 Å². The number of hydrogen-bond acceptors (Lipinski definition) is 2. The molecule has 1 aliphatic heterocycles. The van der Waals surface area contributed by atoms with Crippen molar-refractivity contribution in [1.82, 2.24) is 14.9 Å². The van der Waals surface area contributed by atoms with E-state index in [-0.39, 0.29) is 0 Å². The van der Waals surface area contributed by atoms with E-state index in [2.05, 4.69) is 35.9 Å². The zero-order chi connectivity index (χ0) is 13.7. The highest BCUT2D eigenvalue weighted by atomic mass is 15.1. The van der Waals surface area contributed by atoms with Crippen molar-refractivity contribution in [1.29, 1.82) is 0 Å². The van der Waals surface area contributed by atoms with Gasteiger partial charge in [0, 0.05) is 13.1 Å². The molecule has 0 radical (unpaired) electrons. The molecule has 0 saturated carbocycles. The molecule has 106 valence electrons. The molecule has 1 aromatic heterocycles. The summed E-state index contributed by atoms with van der Waals surface area (Å²) in [7, 11) is 0. The Bertz CT molecular complexity index is 656. The maximum absolute atomic E-state index is 4.79. The van der Waals surface area contributed by atoms with E-state index in [1.807, 2.05) is 0 Å². The van der Waals surface area contributed by atoms with Crippen molar-refractivity contribution < 1.29 is 0 Å². The van der Waals surface area contributed by atoms with Crippen LogP contribution in [0.5, 0.6) is 0 Å². The molecule has 0 amide bonds. The Balaban J connectivity index is 1.88. The SMILES string of the molecule is CCCn1c(C)nc2cc3c(cc21)CC1CNCC3C1. The Morgan fingerprint density at radius 2 is 2.25 bits per heavy atom. The lowest BCUT2D eigenvalue weighted by molar-refractivity contribution is 0.318. The molecule has 1 N–H and O–H groups in total. The maximum Gasteiger partial charge on any atom is 0.106 e. The maximum atomic E-state index is 4.79. The van der Waals surface area contributed by atoms with Crippen molar-refractivity contribution >= 4 is 11.0 Å². The fraction of sp³-hybridized carbons (Fsp3) is 0.588. The number of rotatable bonds is 2. The van der Waals surface area contributed by atoms with Crippen molar-refractivity contribution in [2.24, 2.45) is 5.92 Å². The van der Waals surface area contributed by atoms with Crippen LogP contribution < -0.4 is 5.32 Å². The van der Waals surface area contributed by atoms with E-state index in [0.29, 0.717) is 5.92 Å². The average Bonchev–Trinajstić information content (AvgIpc) is 2.74. The molecule has 3 nitrogen and oxygen atoms in total. The van der Waals surface area contributed by atoms with E-state index < -0.39 is 0 Å². The lowest BCUT2D eigenvalue weighted by Crippen LogP contribution is -2.39. The average molecular weight is 269 g/mol. The molecule has 2 aromatic rings. The van der Waals surface area contributed by atoms with Crippen LogP contribution in [-0.4, -0.2) is 22.6 Å². The summed E-state index contributed by atoms with van der Waals surface area (Å²) in [5.41, 5.74) is 5.68. The lowest BCUT2D eigenvalue weighted by atomic mass is 9.74. The molecule has 2 heterocycles. The first-order valence-corrected chi connectivity index (χ1v) is 7.96. The second kappa shape index (κ2) is 4.59. The molecule has 2 atom stereocenters. The zero-order valence-corrected chi connectivity index (χ0v) is 12.4. The summed E-state index contributed by atoms with van der Waals surface area (Å²) in [6.07, 6.45) is 3.77. The largest absolute Gasteiger partial charge is 0.328 e. The van der Waals surface area contributed by atoms with E-state index >= 15 is 0 Å². The Hall–Kier alpha value is -1.35. The first-order chi connectivity index (χ1) is 9.76. The van der Waals surface area contributed by atoms with E-state index in [4.69, 9.17) is 4.98 Å². The highest BCUT2D eigenvalue weighted by Gasteiger charge is 2.30. The van der Waals surface area contributed by atoms with Gasteiger partial charge in [-0.05, 0) is 67.8 Å². The molecular weight excluding hydrogens is 246 g/mol. The molecule has 4 rings (SSSR count). The molecule has 2 bridgehead atoms. The predicted molar refractivity (Wildman–Crippen MR) is 82.2 cm³/mol. The van der Waals surface area contributed by atoms with Gasteiger partial charge in [-0.15, -0.1) is 0 Å². The van der Waals surface area contributed by atoms with Crippen molar-refractivity contribution in [2.75, 3.05) is 13.1 Å². The predicted octanol–water partition coefficient (Wildman–Crippen LogP) is 3.00. The number of aromatic nitrogens is 2. The third-order valence-electron chi connectivity index (χ3n) is 5.04. The van der Waals surface area contributed by atoms with Crippen LogP contribution in [-0.2, 0) is 13.0 Å². The highest BCUT2D eigenvalue weighted by molar-refractivity contribution is 5.78. The number of nitrogens with zero attached hydrogens (tertiary/aromatic N) is 2. The van der Waals surface area contributed by atoms with Crippen molar-refractivity contribution in [2.45, 2.75) is 45.6 Å². The van der Waals surface area contributed by atoms with Crippen LogP contribution in [0.15, 0.2) is 12.1 Å². The summed E-state index contributed by atoms with van der Waals surface area (Å²) in [5.74, 6) is 2.70. The quantitative estimate of drug-likeness (QED) is 0.908. The summed E-state index contributed by atoms with van der Waals surface area (Å²) in [4.78, 5) is 4.79. The summed E-state index contributed by atoms with van der Waals surface area (Å²) in [6.45, 7) is 7.79. The second-order valence-electron chi connectivity index (χ2n) is 6.51. The molecule has 20 heavy (non-hydrogen) atoms. The van der Waals surface area contributed by atoms with Crippen LogP contribution in [0.25, 0.3) is 11.0 Å². The standard InChI is InChI=1S/C17H23N3/c1-3-4-20-11(2)19-16-8-15-13(7-17(16)20)5-12-6-14(15)10-18-9-12/h7-8,12,14,18H,3-6,9-10H2,1-2H3. The fourth-order valence-corrected chi connectivity index (χ4v) is 4.15. The van der Waals surface area contributed by atoms with Gasteiger partial charge in [0.15, 0.2) is 0 Å². The number of fused-ring (bicyclic) bond motifs is 5. The monoisotopic (exact) mass is 269 g/mol. The summed E-state index contributed by atoms with van der Waals surface area (Å²) in [5, 5.41) is 3.59. The number of aryl methyl sites for hydroxylation is 2. The summed E-state index contributed by atoms with van der Waals surface area (Å²) >= 11 is 0. The number of imidazole rings is 1. The minimum atomic E-state index is 0.707. The van der Waals surface area contributed by atoms with E-state index in [0.717, 1.165) is 24.8 Å². The molecule has 2 unspecified atom stereocenters. The Kier molecular flexibility index (Phi) is 2.84. The van der Waals surface area contributed by atoms with Gasteiger partial charge < -0.3 is 9.88 Å². The van der Waals surface area contributed by atoms with Gasteiger partial charge in [-0.25, -0.2) is 4.98 Å². The number of hydrogen-bond donors (Lipinski definition) is 1. The van der Waals surface area contributed by atoms with Crippen molar-refractivity contribution in [3.63, 3.8) is 0 Å². The van der Waals surface area contributed by atoms with Gasteiger partial charge in [0.25, 0.3) is 0 Å². The van der Waals surface area contributed by atoms with Crippen LogP contribution >= 0.6 is 0 Å². The summed E-state index contributed by atoms with van der Waals surface area (Å²) in [6, 6.07) is 4.81. The molecule has 1 saturated heterocycles. The first-order valence-electron chi connectivity index (χ1n) is 7.96. The van der Waals surface area contributed by atoms with Crippen LogP contribution in [0, 0.1) is 12.8 Å². The van der Waals surface area contributed by atoms with Crippen LogP contribution in [0.4, 0.5) is 0 Å². The lowest BCUT2D eigenvalue weighted by Gasteiger charge is -2.36. The third kappa shape index (κ3) is 1.80. The number of nitrogens with one attached hydrogen (secondary N) is 1. The number of benzene rings is 1.